The van der Waals surface area contributed by atoms with Gasteiger partial charge in [0.15, 0.2) is 0 Å². The Labute approximate surface area is 259 Å². The van der Waals surface area contributed by atoms with Crippen molar-refractivity contribution in [1.29, 1.82) is 0 Å². The van der Waals surface area contributed by atoms with E-state index in [2.05, 4.69) is 22.2 Å². The maximum absolute atomic E-state index is 13.0. The van der Waals surface area contributed by atoms with Gasteiger partial charge in [0.05, 0.1) is 6.42 Å². The lowest BCUT2D eigenvalue weighted by Gasteiger charge is -2.29. The average molecular weight is 618 g/mol. The number of likely N-dealkylation sites (tertiary alicyclic amines) is 1. The highest BCUT2D eigenvalue weighted by molar-refractivity contribution is 7.96. The molecule has 42 heavy (non-hydrogen) atoms. The van der Waals surface area contributed by atoms with Gasteiger partial charge in [0.1, 0.15) is 6.04 Å². The molecule has 2 heterocycles. The molecule has 230 valence electrons. The number of ether oxygens (including phenoxy) is 1. The molecular weight excluding hydrogens is 574 g/mol. The zero-order valence-electron chi connectivity index (χ0n) is 24.4. The van der Waals surface area contributed by atoms with E-state index in [4.69, 9.17) is 22.1 Å². The quantitative estimate of drug-likeness (QED) is 0.232. The maximum atomic E-state index is 13.0. The third kappa shape index (κ3) is 11.6. The number of amides is 3. The summed E-state index contributed by atoms with van der Waals surface area (Å²) in [5, 5.41) is 3.22. The Morgan fingerprint density at radius 1 is 1.14 bits per heavy atom. The molecule has 4 rings (SSSR count). The topological polar surface area (TPSA) is 117 Å². The molecule has 2 aromatic rings. The van der Waals surface area contributed by atoms with Gasteiger partial charge in [-0.3, -0.25) is 19.1 Å². The third-order valence-corrected chi connectivity index (χ3v) is 8.63. The van der Waals surface area contributed by atoms with Crippen LogP contribution in [-0.2, 0) is 38.0 Å². The van der Waals surface area contributed by atoms with Crippen LogP contribution < -0.4 is 15.8 Å². The van der Waals surface area contributed by atoms with E-state index in [1.54, 1.807) is 17.0 Å². The van der Waals surface area contributed by atoms with Crippen molar-refractivity contribution in [3.63, 3.8) is 0 Å². The number of carbonyl (C=O) groups is 3. The van der Waals surface area contributed by atoms with E-state index in [0.29, 0.717) is 30.4 Å². The van der Waals surface area contributed by atoms with Crippen LogP contribution in [-0.4, -0.2) is 74.0 Å². The van der Waals surface area contributed by atoms with Crippen LogP contribution in [0.25, 0.3) is 0 Å². The number of carbonyl (C=O) groups excluding carboxylic acids is 3. The molecule has 2 fully saturated rings. The molecule has 2 aliphatic rings. The standard InChI is InChI=1S/C22H33N3O3S.C9H11ClN2O/c1-24(16-18-9-13-28-14-10-18)21(26)15-20(22(27)25-11-5-6-12-25)23-29-17-19-7-3-2-4-8-19;10-9-2-1-7(4-11)8(3-9)5-12-6-13/h2-4,7-8,18,20,23H,5-6,9-17H2,1H3;1-3,6H,4-5,11H2,(H,12,13). The van der Waals surface area contributed by atoms with Crippen molar-refractivity contribution in [1.82, 2.24) is 19.8 Å². The number of nitrogens with two attached hydrogens (primary N) is 1. The number of hydrogen-bond donors (Lipinski definition) is 3. The minimum atomic E-state index is -0.480. The van der Waals surface area contributed by atoms with Crippen molar-refractivity contribution in [2.75, 3.05) is 39.9 Å². The van der Waals surface area contributed by atoms with Gasteiger partial charge in [-0.25, -0.2) is 0 Å². The first-order valence-corrected chi connectivity index (χ1v) is 15.9. The first kappa shape index (κ1) is 33.9. The predicted molar refractivity (Wildman–Crippen MR) is 169 cm³/mol. The highest BCUT2D eigenvalue weighted by atomic mass is 35.5. The van der Waals surface area contributed by atoms with Gasteiger partial charge in [-0.2, -0.15) is 0 Å². The molecule has 0 radical (unpaired) electrons. The van der Waals surface area contributed by atoms with Crippen molar-refractivity contribution in [2.24, 2.45) is 11.7 Å². The van der Waals surface area contributed by atoms with Crippen LogP contribution in [0.3, 0.4) is 0 Å². The first-order chi connectivity index (χ1) is 20.4. The second kappa shape index (κ2) is 18.8. The minimum Gasteiger partial charge on any atom is -0.381 e. The van der Waals surface area contributed by atoms with Crippen LogP contribution in [0.5, 0.6) is 0 Å². The largest absolute Gasteiger partial charge is 0.381 e. The molecule has 2 aliphatic heterocycles. The van der Waals surface area contributed by atoms with Crippen molar-refractivity contribution in [3.8, 4) is 0 Å². The molecular formula is C31H44ClN5O4S. The van der Waals surface area contributed by atoms with Gasteiger partial charge in [0, 0.05) is 63.8 Å². The van der Waals surface area contributed by atoms with Crippen LogP contribution in [0.1, 0.15) is 48.8 Å². The Bertz CT molecular complexity index is 1110. The summed E-state index contributed by atoms with van der Waals surface area (Å²) in [6.07, 6.45) is 4.95. The number of halogens is 1. The third-order valence-electron chi connectivity index (χ3n) is 7.46. The minimum absolute atomic E-state index is 0.0295. The smallest absolute Gasteiger partial charge is 0.241 e. The lowest BCUT2D eigenvalue weighted by Crippen LogP contribution is -2.46. The molecule has 2 aromatic carbocycles. The molecule has 4 N–H and O–H groups in total. The Morgan fingerprint density at radius 3 is 2.52 bits per heavy atom. The van der Waals surface area contributed by atoms with Crippen LogP contribution in [0.4, 0.5) is 0 Å². The first-order valence-electron chi connectivity index (χ1n) is 14.6. The van der Waals surface area contributed by atoms with Gasteiger partial charge in [-0.1, -0.05) is 59.9 Å². The van der Waals surface area contributed by atoms with E-state index < -0.39 is 6.04 Å². The highest BCUT2D eigenvalue weighted by Gasteiger charge is 2.30. The molecule has 0 bridgehead atoms. The monoisotopic (exact) mass is 617 g/mol. The average Bonchev–Trinajstić information content (AvgIpc) is 3.56. The van der Waals surface area contributed by atoms with E-state index in [1.807, 2.05) is 36.2 Å². The molecule has 1 unspecified atom stereocenters. The van der Waals surface area contributed by atoms with Crippen LogP contribution in [0, 0.1) is 5.92 Å². The lowest BCUT2D eigenvalue weighted by molar-refractivity contribution is -0.137. The van der Waals surface area contributed by atoms with Gasteiger partial charge in [-0.05, 0) is 60.4 Å². The van der Waals surface area contributed by atoms with Crippen molar-refractivity contribution >= 4 is 41.8 Å². The maximum Gasteiger partial charge on any atom is 0.241 e. The molecule has 2 saturated heterocycles. The molecule has 11 heteroatoms. The van der Waals surface area contributed by atoms with E-state index in [9.17, 15) is 14.4 Å². The van der Waals surface area contributed by atoms with Crippen LogP contribution in [0.2, 0.25) is 5.02 Å². The Hall–Kier alpha value is -2.63. The van der Waals surface area contributed by atoms with Gasteiger partial charge >= 0.3 is 0 Å². The van der Waals surface area contributed by atoms with Gasteiger partial charge in [-0.15, -0.1) is 0 Å². The van der Waals surface area contributed by atoms with E-state index in [0.717, 1.165) is 75.4 Å². The zero-order chi connectivity index (χ0) is 30.2. The summed E-state index contributed by atoms with van der Waals surface area (Å²) in [6, 6.07) is 15.1. The zero-order valence-corrected chi connectivity index (χ0v) is 26.0. The second-order valence-corrected chi connectivity index (χ2v) is 11.9. The molecule has 1 atom stereocenters. The van der Waals surface area contributed by atoms with Gasteiger partial charge in [0.25, 0.3) is 0 Å². The number of nitrogens with one attached hydrogen (secondary N) is 2. The lowest BCUT2D eigenvalue weighted by atomic mass is 9.99. The van der Waals surface area contributed by atoms with Crippen molar-refractivity contribution in [3.05, 3.63) is 70.2 Å². The molecule has 0 aromatic heterocycles. The van der Waals surface area contributed by atoms with Crippen molar-refractivity contribution < 1.29 is 19.1 Å². The summed E-state index contributed by atoms with van der Waals surface area (Å²) in [7, 11) is 1.85. The number of benzene rings is 2. The molecule has 3 amide bonds. The molecule has 0 spiro atoms. The number of hydrogen-bond acceptors (Lipinski definition) is 7. The highest BCUT2D eigenvalue weighted by Crippen LogP contribution is 2.19. The van der Waals surface area contributed by atoms with E-state index in [1.165, 1.54) is 17.5 Å². The summed E-state index contributed by atoms with van der Waals surface area (Å²) < 4.78 is 8.70. The van der Waals surface area contributed by atoms with Crippen LogP contribution in [0.15, 0.2) is 48.5 Å². The molecule has 9 nitrogen and oxygen atoms in total. The summed E-state index contributed by atoms with van der Waals surface area (Å²) in [4.78, 5) is 39.6. The Kier molecular flexibility index (Phi) is 15.2. The van der Waals surface area contributed by atoms with Crippen molar-refractivity contribution in [2.45, 2.75) is 57.0 Å². The molecule has 0 saturated carbocycles. The SMILES string of the molecule is CN(CC1CCOCC1)C(=O)CC(NSCc1ccccc1)C(=O)N1CCCC1.NCc1ccc(Cl)cc1CNC=O. The van der Waals surface area contributed by atoms with Gasteiger partial charge in [0.2, 0.25) is 18.2 Å². The Morgan fingerprint density at radius 2 is 1.86 bits per heavy atom. The fourth-order valence-corrected chi connectivity index (χ4v) is 6.02. The predicted octanol–water partition coefficient (Wildman–Crippen LogP) is 3.74. The van der Waals surface area contributed by atoms with E-state index in [-0.39, 0.29) is 18.2 Å². The number of rotatable bonds is 13. The summed E-state index contributed by atoms with van der Waals surface area (Å²) >= 11 is 7.30. The fourth-order valence-electron chi connectivity index (χ4n) is 5.00. The van der Waals surface area contributed by atoms with Gasteiger partial charge < -0.3 is 25.6 Å². The van der Waals surface area contributed by atoms with E-state index >= 15 is 0 Å². The summed E-state index contributed by atoms with van der Waals surface area (Å²) in [5.74, 6) is 1.33. The molecule has 0 aliphatic carbocycles. The normalized spacial score (nSPS) is 15.8. The summed E-state index contributed by atoms with van der Waals surface area (Å²) in [5.41, 5.74) is 8.67. The summed E-state index contributed by atoms with van der Waals surface area (Å²) in [6.45, 7) is 4.81. The number of nitrogens with zero attached hydrogens (tertiary/aromatic N) is 2. The second-order valence-electron chi connectivity index (χ2n) is 10.6. The van der Waals surface area contributed by atoms with Crippen LogP contribution >= 0.6 is 23.5 Å². The fraction of sp³-hybridized carbons (Fsp3) is 0.516. The Balaban J connectivity index is 0.000000312.